The van der Waals surface area contributed by atoms with Gasteiger partial charge in [-0.15, -0.1) is 0 Å². The molecule has 0 amide bonds. The van der Waals surface area contributed by atoms with Crippen molar-refractivity contribution in [1.82, 2.24) is 0 Å². The summed E-state index contributed by atoms with van der Waals surface area (Å²) in [6.07, 6.45) is 10.0. The van der Waals surface area contributed by atoms with Gasteiger partial charge in [0.25, 0.3) is 0 Å². The molecule has 0 aromatic rings. The number of hydrogen-bond acceptors (Lipinski definition) is 4. The Hall–Kier alpha value is -1.88. The number of rotatable bonds is 9. The van der Waals surface area contributed by atoms with Gasteiger partial charge in [0.05, 0.1) is 5.60 Å². The highest BCUT2D eigenvalue weighted by Gasteiger charge is 2.28. The maximum atomic E-state index is 11.6. The minimum absolute atomic E-state index is 0.200. The molecular weight excluding hydrogens is 344 g/mol. The molecule has 0 bridgehead atoms. The van der Waals surface area contributed by atoms with Crippen LogP contribution in [0.4, 0.5) is 0 Å². The van der Waals surface area contributed by atoms with Gasteiger partial charge < -0.3 is 14.9 Å². The quantitative estimate of drug-likeness (QED) is 0.352. The number of carboxylic acids is 1. The van der Waals surface area contributed by atoms with Crippen molar-refractivity contribution < 1.29 is 24.5 Å². The van der Waals surface area contributed by atoms with Crippen LogP contribution in [0.25, 0.3) is 0 Å². The summed E-state index contributed by atoms with van der Waals surface area (Å²) >= 11 is 0. The van der Waals surface area contributed by atoms with E-state index in [-0.39, 0.29) is 17.4 Å². The van der Waals surface area contributed by atoms with Crippen LogP contribution >= 0.6 is 0 Å². The van der Waals surface area contributed by atoms with Crippen molar-refractivity contribution in [3.05, 3.63) is 35.5 Å². The van der Waals surface area contributed by atoms with Gasteiger partial charge in [0.2, 0.25) is 0 Å². The monoisotopic (exact) mass is 378 g/mol. The fourth-order valence-electron chi connectivity index (χ4n) is 3.35. The number of esters is 1. The molecule has 5 heteroatoms. The minimum Gasteiger partial charge on any atom is -0.478 e. The normalized spacial score (nSPS) is 24.8. The molecule has 1 aliphatic carbocycles. The lowest BCUT2D eigenvalue weighted by Gasteiger charge is -2.31. The average Bonchev–Trinajstić information content (AvgIpc) is 2.52. The van der Waals surface area contributed by atoms with Crippen molar-refractivity contribution in [2.24, 2.45) is 11.8 Å². The van der Waals surface area contributed by atoms with E-state index in [1.54, 1.807) is 13.0 Å². The second kappa shape index (κ2) is 10.5. The van der Waals surface area contributed by atoms with E-state index in [1.165, 1.54) is 6.92 Å². The lowest BCUT2D eigenvalue weighted by Crippen LogP contribution is -2.29. The molecular formula is C22H34O5. The van der Waals surface area contributed by atoms with E-state index in [9.17, 15) is 19.8 Å². The van der Waals surface area contributed by atoms with Crippen molar-refractivity contribution in [2.45, 2.75) is 78.4 Å². The molecule has 0 aromatic carbocycles. The fraction of sp³-hybridized carbons (Fsp3) is 0.636. The molecule has 0 aliphatic heterocycles. The highest BCUT2D eigenvalue weighted by Crippen LogP contribution is 2.32. The summed E-state index contributed by atoms with van der Waals surface area (Å²) < 4.78 is 5.39. The van der Waals surface area contributed by atoms with Gasteiger partial charge in [-0.05, 0) is 70.8 Å². The fourth-order valence-corrected chi connectivity index (χ4v) is 3.35. The Morgan fingerprint density at radius 1 is 1.33 bits per heavy atom. The predicted octanol–water partition coefficient (Wildman–Crippen LogP) is 4.42. The standard InChI is InChI=1S/C22H34O5/c1-15(2)7-6-8-19(21(24)25)14-20(27-17(4)23)13-16(3)18-9-11-22(5,26)12-10-18/h7,9,11,14,16,18,20,26H,6,8,10,12-13H2,1-5H3,(H,24,25)/b19-14+. The maximum Gasteiger partial charge on any atom is 0.331 e. The highest BCUT2D eigenvalue weighted by atomic mass is 16.5. The molecule has 0 spiro atoms. The molecule has 4 unspecified atom stereocenters. The molecule has 0 fully saturated rings. The number of ether oxygens (including phenoxy) is 1. The second-order valence-electron chi connectivity index (χ2n) is 8.10. The summed E-state index contributed by atoms with van der Waals surface area (Å²) in [4.78, 5) is 23.1. The Balaban J connectivity index is 2.87. The van der Waals surface area contributed by atoms with E-state index < -0.39 is 23.6 Å². The topological polar surface area (TPSA) is 83.8 Å². The van der Waals surface area contributed by atoms with Crippen LogP contribution < -0.4 is 0 Å². The zero-order chi connectivity index (χ0) is 20.6. The van der Waals surface area contributed by atoms with Gasteiger partial charge >= 0.3 is 11.9 Å². The molecule has 4 atom stereocenters. The lowest BCUT2D eigenvalue weighted by atomic mass is 9.78. The van der Waals surface area contributed by atoms with E-state index in [0.29, 0.717) is 25.7 Å². The molecule has 1 aliphatic rings. The summed E-state index contributed by atoms with van der Waals surface area (Å²) in [5.41, 5.74) is 0.658. The Labute approximate surface area is 162 Å². The van der Waals surface area contributed by atoms with E-state index in [1.807, 2.05) is 32.1 Å². The molecule has 0 radical (unpaired) electrons. The highest BCUT2D eigenvalue weighted by molar-refractivity contribution is 5.86. The second-order valence-corrected chi connectivity index (χ2v) is 8.10. The number of aliphatic carboxylic acids is 1. The van der Waals surface area contributed by atoms with E-state index in [2.05, 4.69) is 6.92 Å². The summed E-state index contributed by atoms with van der Waals surface area (Å²) in [7, 11) is 0. The molecule has 152 valence electrons. The van der Waals surface area contributed by atoms with E-state index in [4.69, 9.17) is 4.74 Å². The third kappa shape index (κ3) is 9.05. The minimum atomic E-state index is -0.976. The number of aliphatic hydroxyl groups is 1. The van der Waals surface area contributed by atoms with Gasteiger partial charge in [-0.3, -0.25) is 4.79 Å². The SMILES string of the molecule is CC(=O)OC(/C=C(\CCC=C(C)C)C(=O)O)CC(C)C1C=CC(C)(O)CC1. The molecule has 0 saturated heterocycles. The maximum absolute atomic E-state index is 11.6. The Morgan fingerprint density at radius 2 is 2.00 bits per heavy atom. The zero-order valence-corrected chi connectivity index (χ0v) is 17.2. The van der Waals surface area contributed by atoms with Gasteiger partial charge in [-0.1, -0.05) is 30.7 Å². The first kappa shape index (κ1) is 23.2. The van der Waals surface area contributed by atoms with Crippen LogP contribution in [0.15, 0.2) is 35.5 Å². The van der Waals surface area contributed by atoms with Crippen molar-refractivity contribution in [1.29, 1.82) is 0 Å². The number of carboxylic acid groups (broad SMARTS) is 1. The van der Waals surface area contributed by atoms with Gasteiger partial charge in [-0.25, -0.2) is 4.79 Å². The number of carbonyl (C=O) groups is 2. The summed E-state index contributed by atoms with van der Waals surface area (Å²) in [5.74, 6) is -0.920. The summed E-state index contributed by atoms with van der Waals surface area (Å²) in [6.45, 7) is 9.15. The molecule has 27 heavy (non-hydrogen) atoms. The third-order valence-corrected chi connectivity index (χ3v) is 4.97. The van der Waals surface area contributed by atoms with Gasteiger partial charge in [0.15, 0.2) is 0 Å². The Kier molecular flexibility index (Phi) is 8.97. The van der Waals surface area contributed by atoms with Gasteiger partial charge in [0, 0.05) is 12.5 Å². The third-order valence-electron chi connectivity index (χ3n) is 4.97. The zero-order valence-electron chi connectivity index (χ0n) is 17.2. The smallest absolute Gasteiger partial charge is 0.331 e. The van der Waals surface area contributed by atoms with Crippen LogP contribution in [0.1, 0.15) is 66.7 Å². The molecule has 5 nitrogen and oxygen atoms in total. The van der Waals surface area contributed by atoms with Crippen LogP contribution in [0.3, 0.4) is 0 Å². The van der Waals surface area contributed by atoms with Crippen molar-refractivity contribution in [2.75, 3.05) is 0 Å². The van der Waals surface area contributed by atoms with Crippen molar-refractivity contribution in [3.8, 4) is 0 Å². The van der Waals surface area contributed by atoms with Gasteiger partial charge in [0.1, 0.15) is 6.10 Å². The number of hydrogen-bond donors (Lipinski definition) is 2. The van der Waals surface area contributed by atoms with Gasteiger partial charge in [-0.2, -0.15) is 0 Å². The average molecular weight is 379 g/mol. The lowest BCUT2D eigenvalue weighted by molar-refractivity contribution is -0.145. The molecule has 2 N–H and O–H groups in total. The van der Waals surface area contributed by atoms with Crippen molar-refractivity contribution in [3.63, 3.8) is 0 Å². The number of allylic oxidation sites excluding steroid dienone is 3. The molecule has 0 aromatic heterocycles. The molecule has 0 heterocycles. The van der Waals surface area contributed by atoms with Crippen LogP contribution in [0.5, 0.6) is 0 Å². The van der Waals surface area contributed by atoms with E-state index in [0.717, 1.165) is 12.0 Å². The molecule has 1 rings (SSSR count). The Morgan fingerprint density at radius 3 is 2.48 bits per heavy atom. The molecule has 0 saturated carbocycles. The summed E-state index contributed by atoms with van der Waals surface area (Å²) in [5, 5.41) is 19.5. The first-order valence-electron chi connectivity index (χ1n) is 9.66. The van der Waals surface area contributed by atoms with Crippen molar-refractivity contribution >= 4 is 11.9 Å². The first-order valence-corrected chi connectivity index (χ1v) is 9.66. The van der Waals surface area contributed by atoms with Crippen LogP contribution in [0.2, 0.25) is 0 Å². The van der Waals surface area contributed by atoms with Crippen LogP contribution in [-0.4, -0.2) is 33.9 Å². The first-order chi connectivity index (χ1) is 12.5. The Bertz CT molecular complexity index is 608. The number of carbonyl (C=O) groups excluding carboxylic acids is 1. The summed E-state index contributed by atoms with van der Waals surface area (Å²) in [6, 6.07) is 0. The van der Waals surface area contributed by atoms with Crippen LogP contribution in [-0.2, 0) is 14.3 Å². The van der Waals surface area contributed by atoms with E-state index >= 15 is 0 Å². The predicted molar refractivity (Wildman–Crippen MR) is 106 cm³/mol. The largest absolute Gasteiger partial charge is 0.478 e. The van der Waals surface area contributed by atoms with Crippen LogP contribution in [0, 0.1) is 11.8 Å².